The molecule has 0 saturated carbocycles. The zero-order valence-electron chi connectivity index (χ0n) is 10.5. The zero-order chi connectivity index (χ0) is 12.1. The van der Waals surface area contributed by atoms with Crippen molar-refractivity contribution in [3.05, 3.63) is 28.1 Å². The topological polar surface area (TPSA) is 48.7 Å². The lowest BCUT2D eigenvalue weighted by molar-refractivity contribution is 0.633. The smallest absolute Gasteiger partial charge is 0.101 e. The second kappa shape index (κ2) is 5.62. The Morgan fingerprint density at radius 1 is 1.19 bits per heavy atom. The fourth-order valence-corrected chi connectivity index (χ4v) is 2.05. The van der Waals surface area contributed by atoms with Crippen LogP contribution < -0.4 is 5.32 Å². The lowest BCUT2D eigenvalue weighted by Gasteiger charge is -2.20. The van der Waals surface area contributed by atoms with Crippen molar-refractivity contribution in [3.63, 3.8) is 0 Å². The van der Waals surface area contributed by atoms with E-state index in [0.29, 0.717) is 0 Å². The summed E-state index contributed by atoms with van der Waals surface area (Å²) in [6.07, 6.45) is 0.947. The predicted octanol–water partition coefficient (Wildman–Crippen LogP) is 2.24. The minimum absolute atomic E-state index is 0.784. The Morgan fingerprint density at radius 3 is 2.50 bits per heavy atom. The van der Waals surface area contributed by atoms with Gasteiger partial charge in [-0.05, 0) is 37.9 Å². The molecule has 1 aliphatic heterocycles. The fourth-order valence-electron chi connectivity index (χ4n) is 2.05. The van der Waals surface area contributed by atoms with Gasteiger partial charge in [0.05, 0.1) is 11.3 Å². The predicted molar refractivity (Wildman–Crippen MR) is 65.2 cm³/mol. The third-order valence-corrected chi connectivity index (χ3v) is 2.77. The first-order valence-electron chi connectivity index (χ1n) is 5.84. The molecule has 0 unspecified atom stereocenters. The Hall–Kier alpha value is -1.40. The summed E-state index contributed by atoms with van der Waals surface area (Å²) in [7, 11) is 0. The van der Waals surface area contributed by atoms with Crippen molar-refractivity contribution in [3.8, 4) is 6.07 Å². The molecule has 0 atom stereocenters. The number of nitrogens with one attached hydrogen (secondary N) is 1. The molecule has 0 spiro atoms. The van der Waals surface area contributed by atoms with Gasteiger partial charge in [-0.3, -0.25) is 4.98 Å². The van der Waals surface area contributed by atoms with Crippen LogP contribution in [-0.2, 0) is 13.0 Å². The lowest BCUT2D eigenvalue weighted by Crippen LogP contribution is -2.26. The molecule has 2 heterocycles. The number of pyridine rings is 1. The van der Waals surface area contributed by atoms with Gasteiger partial charge in [0.15, 0.2) is 0 Å². The highest BCUT2D eigenvalue weighted by Crippen LogP contribution is 2.22. The highest BCUT2D eigenvalue weighted by molar-refractivity contribution is 5.48. The van der Waals surface area contributed by atoms with Crippen LogP contribution in [0.4, 0.5) is 0 Å². The molecule has 0 aromatic carbocycles. The molecule has 1 aromatic rings. The van der Waals surface area contributed by atoms with Crippen molar-refractivity contribution in [2.75, 3.05) is 6.54 Å². The Kier molecular flexibility index (Phi) is 4.45. The van der Waals surface area contributed by atoms with E-state index in [-0.39, 0.29) is 0 Å². The molecule has 3 heteroatoms. The summed E-state index contributed by atoms with van der Waals surface area (Å²) in [6.45, 7) is 9.74. The number of hydrogen-bond donors (Lipinski definition) is 1. The molecule has 16 heavy (non-hydrogen) atoms. The summed E-state index contributed by atoms with van der Waals surface area (Å²) in [5.74, 6) is 0. The SMILES string of the molecule is CC.Cc1nc(C)c2c(c1C#N)CCNC2. The van der Waals surface area contributed by atoms with Crippen LogP contribution in [0.25, 0.3) is 0 Å². The molecule has 0 saturated heterocycles. The van der Waals surface area contributed by atoms with Crippen LogP contribution in [0.3, 0.4) is 0 Å². The number of hydrogen-bond acceptors (Lipinski definition) is 3. The summed E-state index contributed by atoms with van der Waals surface area (Å²) in [5.41, 5.74) is 5.14. The van der Waals surface area contributed by atoms with Gasteiger partial charge < -0.3 is 5.32 Å². The second-order valence-electron chi connectivity index (χ2n) is 3.65. The van der Waals surface area contributed by atoms with E-state index in [1.807, 2.05) is 27.7 Å². The van der Waals surface area contributed by atoms with Gasteiger partial charge in [-0.1, -0.05) is 13.8 Å². The lowest BCUT2D eigenvalue weighted by atomic mass is 9.94. The normalized spacial score (nSPS) is 13.2. The Labute approximate surface area is 97.5 Å². The average Bonchev–Trinajstić information content (AvgIpc) is 2.32. The van der Waals surface area contributed by atoms with Crippen LogP contribution in [0.1, 0.15) is 41.9 Å². The Balaban J connectivity index is 0.000000606. The van der Waals surface area contributed by atoms with Crippen molar-refractivity contribution >= 4 is 0 Å². The van der Waals surface area contributed by atoms with E-state index in [1.165, 1.54) is 11.1 Å². The van der Waals surface area contributed by atoms with Crippen LogP contribution in [0, 0.1) is 25.2 Å². The zero-order valence-corrected chi connectivity index (χ0v) is 10.5. The van der Waals surface area contributed by atoms with Crippen LogP contribution in [-0.4, -0.2) is 11.5 Å². The van der Waals surface area contributed by atoms with Crippen molar-refractivity contribution in [1.82, 2.24) is 10.3 Å². The average molecular weight is 217 g/mol. The first kappa shape index (κ1) is 12.7. The minimum Gasteiger partial charge on any atom is -0.312 e. The minimum atomic E-state index is 0.784. The number of nitriles is 1. The molecule has 0 fully saturated rings. The third kappa shape index (κ3) is 2.23. The summed E-state index contributed by atoms with van der Waals surface area (Å²) in [6, 6.07) is 2.26. The fraction of sp³-hybridized carbons (Fsp3) is 0.538. The van der Waals surface area contributed by atoms with Crippen LogP contribution >= 0.6 is 0 Å². The molecule has 86 valence electrons. The first-order chi connectivity index (χ1) is 7.74. The molecule has 1 N–H and O–H groups in total. The van der Waals surface area contributed by atoms with Gasteiger partial charge in [-0.25, -0.2) is 0 Å². The van der Waals surface area contributed by atoms with Gasteiger partial charge in [0.1, 0.15) is 6.07 Å². The van der Waals surface area contributed by atoms with Gasteiger partial charge in [0, 0.05) is 12.2 Å². The van der Waals surface area contributed by atoms with Gasteiger partial charge in [0.2, 0.25) is 0 Å². The second-order valence-corrected chi connectivity index (χ2v) is 3.65. The number of rotatable bonds is 0. The molecular formula is C13H19N3. The van der Waals surface area contributed by atoms with E-state index < -0.39 is 0 Å². The summed E-state index contributed by atoms with van der Waals surface area (Å²) >= 11 is 0. The molecule has 1 aliphatic rings. The molecule has 1 aromatic heterocycles. The van der Waals surface area contributed by atoms with Gasteiger partial charge in [0.25, 0.3) is 0 Å². The molecule has 0 aliphatic carbocycles. The molecule has 0 radical (unpaired) electrons. The van der Waals surface area contributed by atoms with E-state index in [4.69, 9.17) is 5.26 Å². The summed E-state index contributed by atoms with van der Waals surface area (Å²) in [5, 5.41) is 12.4. The van der Waals surface area contributed by atoms with Crippen molar-refractivity contribution in [1.29, 1.82) is 5.26 Å². The standard InChI is InChI=1S/C11H13N3.C2H6/c1-7-10(5-12)9-3-4-13-6-11(9)8(2)14-7;1-2/h13H,3-4,6H2,1-2H3;1-2H3. The molecule has 0 bridgehead atoms. The van der Waals surface area contributed by atoms with E-state index >= 15 is 0 Å². The monoisotopic (exact) mass is 217 g/mol. The Morgan fingerprint density at radius 2 is 1.88 bits per heavy atom. The largest absolute Gasteiger partial charge is 0.312 e. The van der Waals surface area contributed by atoms with Gasteiger partial charge >= 0.3 is 0 Å². The van der Waals surface area contributed by atoms with Gasteiger partial charge in [-0.2, -0.15) is 5.26 Å². The first-order valence-corrected chi connectivity index (χ1v) is 5.84. The number of nitrogens with zero attached hydrogens (tertiary/aromatic N) is 2. The van der Waals surface area contributed by atoms with E-state index in [2.05, 4.69) is 16.4 Å². The summed E-state index contributed by atoms with van der Waals surface area (Å²) in [4.78, 5) is 4.40. The maximum atomic E-state index is 9.05. The Bertz CT molecular complexity index is 416. The van der Waals surface area contributed by atoms with Crippen LogP contribution in [0.15, 0.2) is 0 Å². The summed E-state index contributed by atoms with van der Waals surface area (Å²) < 4.78 is 0. The highest BCUT2D eigenvalue weighted by Gasteiger charge is 2.17. The van der Waals surface area contributed by atoms with Crippen molar-refractivity contribution < 1.29 is 0 Å². The number of aryl methyl sites for hydroxylation is 2. The number of fused-ring (bicyclic) bond motifs is 1. The molecule has 0 amide bonds. The van der Waals surface area contributed by atoms with Gasteiger partial charge in [-0.15, -0.1) is 0 Å². The third-order valence-electron chi connectivity index (χ3n) is 2.77. The quantitative estimate of drug-likeness (QED) is 0.725. The highest BCUT2D eigenvalue weighted by atomic mass is 14.9. The van der Waals surface area contributed by atoms with Crippen LogP contribution in [0.5, 0.6) is 0 Å². The molecule has 3 nitrogen and oxygen atoms in total. The maximum absolute atomic E-state index is 9.05. The van der Waals surface area contributed by atoms with Crippen molar-refractivity contribution in [2.24, 2.45) is 0 Å². The van der Waals surface area contributed by atoms with Crippen LogP contribution in [0.2, 0.25) is 0 Å². The number of aromatic nitrogens is 1. The maximum Gasteiger partial charge on any atom is 0.101 e. The van der Waals surface area contributed by atoms with E-state index in [9.17, 15) is 0 Å². The van der Waals surface area contributed by atoms with E-state index in [0.717, 1.165) is 36.5 Å². The molecular weight excluding hydrogens is 198 g/mol. The molecule has 2 rings (SSSR count). The van der Waals surface area contributed by atoms with E-state index in [1.54, 1.807) is 0 Å². The van der Waals surface area contributed by atoms with Crippen molar-refractivity contribution in [2.45, 2.75) is 40.7 Å².